The monoisotopic (exact) mass is 211 g/mol. The number of hydrogen-bond acceptors (Lipinski definition) is 4. The van der Waals surface area contributed by atoms with E-state index >= 15 is 0 Å². The maximum Gasteiger partial charge on any atom is 0.290 e. The fourth-order valence-corrected chi connectivity index (χ4v) is 1.22. The zero-order valence-electron chi connectivity index (χ0n) is 9.33. The largest absolute Gasteiger partial charge is 0.374 e. The Morgan fingerprint density at radius 3 is 2.93 bits per heavy atom. The molecule has 0 fully saturated rings. The average molecular weight is 211 g/mol. The molecule has 1 heterocycles. The van der Waals surface area contributed by atoms with Crippen molar-refractivity contribution in [1.82, 2.24) is 9.97 Å². The molecule has 0 saturated heterocycles. The average Bonchev–Trinajstić information content (AvgIpc) is 2.16. The van der Waals surface area contributed by atoms with Gasteiger partial charge in [-0.25, -0.2) is 4.98 Å². The summed E-state index contributed by atoms with van der Waals surface area (Å²) in [6, 6.07) is 0. The molecule has 1 rings (SSSR count). The van der Waals surface area contributed by atoms with Gasteiger partial charge in [-0.15, -0.1) is 0 Å². The molecule has 5 nitrogen and oxygen atoms in total. The fourth-order valence-electron chi connectivity index (χ4n) is 1.22. The smallest absolute Gasteiger partial charge is 0.290 e. The van der Waals surface area contributed by atoms with Gasteiger partial charge in [0.2, 0.25) is 0 Å². The molecule has 1 aromatic rings. The standard InChI is InChI=1S/C10H17N3O2/c1-4-15-10(2,3)7-13-8-9(14)12-6-5-11-8/h5-6H,4,7H2,1-3H3,(H,11,13)(H,12,14). The molecule has 0 aliphatic carbocycles. The van der Waals surface area contributed by atoms with Crippen LogP contribution in [0.5, 0.6) is 0 Å². The SMILES string of the molecule is CCOC(C)(C)CNc1ncc[nH]c1=O. The summed E-state index contributed by atoms with van der Waals surface area (Å²) in [5.41, 5.74) is -0.525. The molecule has 0 amide bonds. The first-order valence-electron chi connectivity index (χ1n) is 4.96. The van der Waals surface area contributed by atoms with Gasteiger partial charge in [-0.05, 0) is 20.8 Å². The summed E-state index contributed by atoms with van der Waals surface area (Å²) in [5, 5.41) is 2.96. The summed E-state index contributed by atoms with van der Waals surface area (Å²) in [6.07, 6.45) is 3.04. The number of ether oxygens (including phenoxy) is 1. The lowest BCUT2D eigenvalue weighted by atomic mass is 10.1. The Labute approximate surface area is 88.9 Å². The number of rotatable bonds is 5. The molecule has 5 heteroatoms. The van der Waals surface area contributed by atoms with Crippen LogP contribution in [0.4, 0.5) is 5.82 Å². The lowest BCUT2D eigenvalue weighted by molar-refractivity contribution is 0.000626. The van der Waals surface area contributed by atoms with Gasteiger partial charge in [-0.1, -0.05) is 0 Å². The van der Waals surface area contributed by atoms with Crippen LogP contribution < -0.4 is 10.9 Å². The molecule has 2 N–H and O–H groups in total. The zero-order chi connectivity index (χ0) is 11.3. The Hall–Kier alpha value is -1.36. The van der Waals surface area contributed by atoms with Crippen LogP contribution in [0.15, 0.2) is 17.2 Å². The Kier molecular flexibility index (Phi) is 3.85. The van der Waals surface area contributed by atoms with E-state index in [2.05, 4.69) is 15.3 Å². The van der Waals surface area contributed by atoms with Gasteiger partial charge in [0.1, 0.15) is 0 Å². The van der Waals surface area contributed by atoms with Gasteiger partial charge in [0.05, 0.1) is 5.60 Å². The van der Waals surface area contributed by atoms with Crippen molar-refractivity contribution in [3.05, 3.63) is 22.7 Å². The third kappa shape index (κ3) is 3.71. The molecule has 0 bridgehead atoms. The van der Waals surface area contributed by atoms with Crippen molar-refractivity contribution in [2.24, 2.45) is 0 Å². The van der Waals surface area contributed by atoms with Crippen LogP contribution in [0, 0.1) is 0 Å². The van der Waals surface area contributed by atoms with E-state index in [4.69, 9.17) is 4.74 Å². The highest BCUT2D eigenvalue weighted by Crippen LogP contribution is 2.08. The Balaban J connectivity index is 2.57. The van der Waals surface area contributed by atoms with Crippen LogP contribution in [0.3, 0.4) is 0 Å². The minimum atomic E-state index is -0.307. The number of aromatic amines is 1. The maximum atomic E-state index is 11.3. The van der Waals surface area contributed by atoms with Crippen LogP contribution in [-0.2, 0) is 4.74 Å². The third-order valence-corrected chi connectivity index (χ3v) is 1.92. The molecule has 0 spiro atoms. The van der Waals surface area contributed by atoms with E-state index in [9.17, 15) is 4.79 Å². The maximum absolute atomic E-state index is 11.3. The summed E-state index contributed by atoms with van der Waals surface area (Å²) in [5.74, 6) is 0.324. The van der Waals surface area contributed by atoms with Gasteiger partial charge in [0.25, 0.3) is 5.56 Å². The minimum absolute atomic E-state index is 0.218. The number of anilines is 1. The molecule has 84 valence electrons. The molecule has 0 radical (unpaired) electrons. The predicted octanol–water partition coefficient (Wildman–Crippen LogP) is 0.997. The number of H-pyrrole nitrogens is 1. The van der Waals surface area contributed by atoms with Gasteiger partial charge in [-0.2, -0.15) is 0 Å². The summed E-state index contributed by atoms with van der Waals surface area (Å²) in [6.45, 7) is 7.05. The van der Waals surface area contributed by atoms with E-state index in [-0.39, 0.29) is 11.2 Å². The van der Waals surface area contributed by atoms with Gasteiger partial charge in [-0.3, -0.25) is 4.79 Å². The lowest BCUT2D eigenvalue weighted by Crippen LogP contribution is -2.35. The van der Waals surface area contributed by atoms with Crippen molar-refractivity contribution < 1.29 is 4.74 Å². The molecule has 0 saturated carbocycles. The molecule has 0 aliphatic rings. The van der Waals surface area contributed by atoms with Crippen molar-refractivity contribution in [1.29, 1.82) is 0 Å². The third-order valence-electron chi connectivity index (χ3n) is 1.92. The zero-order valence-corrected chi connectivity index (χ0v) is 9.33. The van der Waals surface area contributed by atoms with E-state index in [1.807, 2.05) is 20.8 Å². The second kappa shape index (κ2) is 4.93. The van der Waals surface area contributed by atoms with Crippen LogP contribution in [-0.4, -0.2) is 28.7 Å². The molecule has 15 heavy (non-hydrogen) atoms. The Bertz CT molecular complexity index is 360. The van der Waals surface area contributed by atoms with Gasteiger partial charge < -0.3 is 15.0 Å². The van der Waals surface area contributed by atoms with E-state index in [1.54, 1.807) is 0 Å². The van der Waals surface area contributed by atoms with E-state index in [1.165, 1.54) is 12.4 Å². The van der Waals surface area contributed by atoms with Crippen molar-refractivity contribution in [2.75, 3.05) is 18.5 Å². The van der Waals surface area contributed by atoms with Crippen LogP contribution >= 0.6 is 0 Å². The summed E-state index contributed by atoms with van der Waals surface area (Å²) in [4.78, 5) is 17.8. The highest BCUT2D eigenvalue weighted by atomic mass is 16.5. The first-order chi connectivity index (χ1) is 7.05. The molecule has 0 unspecified atom stereocenters. The van der Waals surface area contributed by atoms with Crippen LogP contribution in [0.1, 0.15) is 20.8 Å². The second-order valence-electron chi connectivity index (χ2n) is 3.81. The molecule has 0 aromatic carbocycles. The molecular formula is C10H17N3O2. The lowest BCUT2D eigenvalue weighted by Gasteiger charge is -2.24. The first kappa shape index (κ1) is 11.7. The first-order valence-corrected chi connectivity index (χ1v) is 4.96. The van der Waals surface area contributed by atoms with Gasteiger partial charge in [0, 0.05) is 25.5 Å². The van der Waals surface area contributed by atoms with Gasteiger partial charge in [0.15, 0.2) is 5.82 Å². The van der Waals surface area contributed by atoms with Crippen LogP contribution in [0.25, 0.3) is 0 Å². The number of nitrogens with zero attached hydrogens (tertiary/aromatic N) is 1. The van der Waals surface area contributed by atoms with E-state index in [0.29, 0.717) is 19.0 Å². The fraction of sp³-hybridized carbons (Fsp3) is 0.600. The highest BCUT2D eigenvalue weighted by Gasteiger charge is 2.17. The minimum Gasteiger partial charge on any atom is -0.374 e. The summed E-state index contributed by atoms with van der Waals surface area (Å²) < 4.78 is 5.49. The van der Waals surface area contributed by atoms with Crippen molar-refractivity contribution in [3.63, 3.8) is 0 Å². The van der Waals surface area contributed by atoms with E-state index < -0.39 is 0 Å². The summed E-state index contributed by atoms with van der Waals surface area (Å²) >= 11 is 0. The van der Waals surface area contributed by atoms with Crippen LogP contribution in [0.2, 0.25) is 0 Å². The topological polar surface area (TPSA) is 67.0 Å². The quantitative estimate of drug-likeness (QED) is 0.762. The second-order valence-corrected chi connectivity index (χ2v) is 3.81. The summed E-state index contributed by atoms with van der Waals surface area (Å²) in [7, 11) is 0. The van der Waals surface area contributed by atoms with Crippen molar-refractivity contribution >= 4 is 5.82 Å². The van der Waals surface area contributed by atoms with Crippen molar-refractivity contribution in [3.8, 4) is 0 Å². The number of nitrogens with one attached hydrogen (secondary N) is 2. The molecular weight excluding hydrogens is 194 g/mol. The van der Waals surface area contributed by atoms with Gasteiger partial charge >= 0.3 is 0 Å². The molecule has 0 aliphatic heterocycles. The predicted molar refractivity (Wildman–Crippen MR) is 59.1 cm³/mol. The number of hydrogen-bond donors (Lipinski definition) is 2. The highest BCUT2D eigenvalue weighted by molar-refractivity contribution is 5.30. The normalized spacial score (nSPS) is 11.4. The molecule has 1 aromatic heterocycles. The Morgan fingerprint density at radius 1 is 1.60 bits per heavy atom. The van der Waals surface area contributed by atoms with Crippen molar-refractivity contribution in [2.45, 2.75) is 26.4 Å². The molecule has 0 atom stereocenters. The number of aromatic nitrogens is 2. The Morgan fingerprint density at radius 2 is 2.33 bits per heavy atom. The van der Waals surface area contributed by atoms with E-state index in [0.717, 1.165) is 0 Å².